The van der Waals surface area contributed by atoms with Crippen molar-refractivity contribution in [1.29, 1.82) is 0 Å². The average Bonchev–Trinajstić information content (AvgIpc) is 4.05. The summed E-state index contributed by atoms with van der Waals surface area (Å²) in [6, 6.07) is 34.4. The highest BCUT2D eigenvalue weighted by atomic mass is 16.6. The van der Waals surface area contributed by atoms with Crippen LogP contribution in [0.25, 0.3) is 11.2 Å². The number of rotatable bonds is 17. The monoisotopic (exact) mass is 795 g/mol. The third-order valence-corrected chi connectivity index (χ3v) is 10.5. The first-order chi connectivity index (χ1) is 29.0. The van der Waals surface area contributed by atoms with Crippen LogP contribution in [-0.2, 0) is 26.4 Å². The Morgan fingerprint density at radius 1 is 0.814 bits per heavy atom. The molecule has 302 valence electrons. The van der Waals surface area contributed by atoms with E-state index in [0.29, 0.717) is 34.8 Å². The van der Waals surface area contributed by atoms with E-state index >= 15 is 0 Å². The van der Waals surface area contributed by atoms with Crippen molar-refractivity contribution in [2.45, 2.75) is 49.5 Å². The van der Waals surface area contributed by atoms with Gasteiger partial charge in [-0.2, -0.15) is 0 Å². The number of carbonyl (C=O) groups excluding carboxylic acids is 1. The van der Waals surface area contributed by atoms with Gasteiger partial charge in [-0.15, -0.1) is 0 Å². The molecule has 7 aromatic rings. The zero-order valence-electron chi connectivity index (χ0n) is 32.7. The van der Waals surface area contributed by atoms with Crippen LogP contribution in [0.5, 0.6) is 11.5 Å². The highest BCUT2D eigenvalue weighted by molar-refractivity contribution is 6.06. The van der Waals surface area contributed by atoms with Crippen molar-refractivity contribution in [3.63, 3.8) is 0 Å². The van der Waals surface area contributed by atoms with Gasteiger partial charge in [-0.25, -0.2) is 19.9 Å². The van der Waals surface area contributed by atoms with Gasteiger partial charge in [0.1, 0.15) is 41.7 Å². The largest absolute Gasteiger partial charge is 0.497 e. The molecule has 4 aromatic carbocycles. The summed E-state index contributed by atoms with van der Waals surface area (Å²) in [5, 5.41) is 15.0. The summed E-state index contributed by atoms with van der Waals surface area (Å²) in [4.78, 5) is 30.6. The van der Waals surface area contributed by atoms with Crippen LogP contribution in [0.2, 0.25) is 0 Å². The van der Waals surface area contributed by atoms with Crippen molar-refractivity contribution in [2.24, 2.45) is 0 Å². The number of hydrogen-bond donors (Lipinski definition) is 2. The summed E-state index contributed by atoms with van der Waals surface area (Å²) in [6.07, 6.45) is 6.25. The van der Waals surface area contributed by atoms with Gasteiger partial charge in [0.25, 0.3) is 5.91 Å². The third kappa shape index (κ3) is 8.29. The minimum atomic E-state index is -1.15. The van der Waals surface area contributed by atoms with Crippen LogP contribution in [0.1, 0.15) is 46.1 Å². The number of fused-ring (bicyclic) bond motifs is 1. The lowest BCUT2D eigenvalue weighted by Crippen LogP contribution is -2.41. The molecule has 14 heteroatoms. The molecule has 14 nitrogen and oxygen atoms in total. The van der Waals surface area contributed by atoms with E-state index in [1.165, 1.54) is 12.7 Å². The molecule has 0 saturated carbocycles. The molecule has 4 atom stereocenters. The number of anilines is 1. The van der Waals surface area contributed by atoms with E-state index in [1.54, 1.807) is 55.6 Å². The summed E-state index contributed by atoms with van der Waals surface area (Å²) < 4.78 is 35.2. The lowest BCUT2D eigenvalue weighted by atomic mass is 9.80. The van der Waals surface area contributed by atoms with E-state index in [9.17, 15) is 9.90 Å². The predicted octanol–water partition coefficient (Wildman–Crippen LogP) is 6.42. The number of nitrogens with zero attached hydrogens (tertiary/aromatic N) is 6. The highest BCUT2D eigenvalue weighted by Gasteiger charge is 2.48. The molecular formula is C45H45N7O7. The number of aryl methyl sites for hydroxylation is 1. The zero-order chi connectivity index (χ0) is 40.6. The lowest BCUT2D eigenvalue weighted by Gasteiger charge is -2.37. The number of aliphatic hydroxyl groups is 1. The number of carbonyl (C=O) groups is 1. The quantitative estimate of drug-likeness (QED) is 0.0774. The second-order valence-corrected chi connectivity index (χ2v) is 14.1. The minimum absolute atomic E-state index is 0.0141. The number of nitrogens with one attached hydrogen (secondary N) is 1. The second-order valence-electron chi connectivity index (χ2n) is 14.1. The summed E-state index contributed by atoms with van der Waals surface area (Å²) in [7, 11) is 3.26. The molecule has 1 amide bonds. The van der Waals surface area contributed by atoms with Gasteiger partial charge in [-0.05, 0) is 65.9 Å². The standard InChI is InChI=1S/C45H45N7O7/c1-55-35-19-15-33(16-20-35)45(32-13-7-4-8-14-32,34-17-21-36(56-2)22-18-34)58-27-37-40(57-26-10-9-24-51-25-23-46-29-51)39(53)44(59-37)52-30-49-38-41(47-28-48-42(38)52)50-43(54)31-11-5-3-6-12-31/h3-8,11-23,25,28-30,37,39-40,44,53H,9-10,24,26-27H2,1-2H3,(H,47,48,50,54)/t37-,39-,40-,44-/m1/s1. The van der Waals surface area contributed by atoms with E-state index in [4.69, 9.17) is 23.7 Å². The Balaban J connectivity index is 1.12. The molecule has 0 bridgehead atoms. The van der Waals surface area contributed by atoms with E-state index in [1.807, 2.05) is 95.7 Å². The maximum absolute atomic E-state index is 13.1. The molecule has 3 aromatic heterocycles. The zero-order valence-corrected chi connectivity index (χ0v) is 32.7. The molecule has 1 aliphatic heterocycles. The van der Waals surface area contributed by atoms with E-state index in [0.717, 1.165) is 36.1 Å². The fourth-order valence-electron chi connectivity index (χ4n) is 7.50. The van der Waals surface area contributed by atoms with Crippen LogP contribution >= 0.6 is 0 Å². The van der Waals surface area contributed by atoms with Crippen molar-refractivity contribution >= 4 is 22.9 Å². The smallest absolute Gasteiger partial charge is 0.256 e. The molecule has 8 rings (SSSR count). The average molecular weight is 796 g/mol. The van der Waals surface area contributed by atoms with Crippen molar-refractivity contribution < 1.29 is 33.6 Å². The first-order valence-electron chi connectivity index (χ1n) is 19.4. The number of hydrogen-bond acceptors (Lipinski definition) is 11. The molecule has 59 heavy (non-hydrogen) atoms. The first-order valence-corrected chi connectivity index (χ1v) is 19.4. The maximum atomic E-state index is 13.1. The first kappa shape index (κ1) is 39.4. The van der Waals surface area contributed by atoms with E-state index in [2.05, 4.69) is 25.3 Å². The number of aliphatic hydroxyl groups excluding tert-OH is 1. The highest BCUT2D eigenvalue weighted by Crippen LogP contribution is 2.43. The number of aromatic nitrogens is 6. The fraction of sp³-hybridized carbons (Fsp3) is 0.267. The number of imidazole rings is 2. The molecule has 4 heterocycles. The molecule has 0 aliphatic carbocycles. The molecule has 1 aliphatic rings. The van der Waals surface area contributed by atoms with Crippen LogP contribution in [0, 0.1) is 0 Å². The Hall–Kier alpha value is -6.45. The normalized spacial score (nSPS) is 17.9. The van der Waals surface area contributed by atoms with Gasteiger partial charge in [0, 0.05) is 31.1 Å². The van der Waals surface area contributed by atoms with Crippen molar-refractivity contribution in [1.82, 2.24) is 29.1 Å². The van der Waals surface area contributed by atoms with Gasteiger partial charge in [-0.1, -0.05) is 72.8 Å². The topological polar surface area (TPSA) is 157 Å². The maximum Gasteiger partial charge on any atom is 0.256 e. The van der Waals surface area contributed by atoms with Gasteiger partial charge in [0.15, 0.2) is 23.2 Å². The number of unbranched alkanes of at least 4 members (excludes halogenated alkanes) is 1. The summed E-state index contributed by atoms with van der Waals surface area (Å²) >= 11 is 0. The SMILES string of the molecule is COc1ccc(C(OC[C@H]2O[C@@H](n3cnc4c(NC(=O)c5ccccc5)ncnc43)[C@H](O)[C@@H]2OCCCCn2ccnc2)(c2ccccc2)c2ccc(OC)cc2)cc1. The fourth-order valence-corrected chi connectivity index (χ4v) is 7.50. The summed E-state index contributed by atoms with van der Waals surface area (Å²) in [5.74, 6) is 1.30. The Morgan fingerprint density at radius 3 is 2.12 bits per heavy atom. The second kappa shape index (κ2) is 18.0. The van der Waals surface area contributed by atoms with Crippen LogP contribution < -0.4 is 14.8 Å². The van der Waals surface area contributed by atoms with Crippen molar-refractivity contribution in [3.8, 4) is 11.5 Å². The molecule has 0 radical (unpaired) electrons. The van der Waals surface area contributed by atoms with Gasteiger partial charge < -0.3 is 38.7 Å². The molecule has 2 N–H and O–H groups in total. The molecule has 0 spiro atoms. The molecule has 1 fully saturated rings. The number of ether oxygens (including phenoxy) is 5. The van der Waals surface area contributed by atoms with Crippen molar-refractivity contribution in [3.05, 3.63) is 163 Å². The predicted molar refractivity (Wildman–Crippen MR) is 219 cm³/mol. The Morgan fingerprint density at radius 2 is 1.47 bits per heavy atom. The minimum Gasteiger partial charge on any atom is -0.497 e. The summed E-state index contributed by atoms with van der Waals surface area (Å²) in [5.41, 5.74) is 2.62. The van der Waals surface area contributed by atoms with Crippen LogP contribution in [0.4, 0.5) is 5.82 Å². The molecule has 1 saturated heterocycles. The van der Waals surface area contributed by atoms with Gasteiger partial charge in [0.2, 0.25) is 0 Å². The van der Waals surface area contributed by atoms with Gasteiger partial charge in [-0.3, -0.25) is 9.36 Å². The van der Waals surface area contributed by atoms with Gasteiger partial charge in [0.05, 0.1) is 33.5 Å². The molecule has 0 unspecified atom stereocenters. The van der Waals surface area contributed by atoms with E-state index < -0.39 is 30.1 Å². The van der Waals surface area contributed by atoms with E-state index in [-0.39, 0.29) is 18.3 Å². The van der Waals surface area contributed by atoms with Crippen molar-refractivity contribution in [2.75, 3.05) is 32.8 Å². The van der Waals surface area contributed by atoms with Crippen LogP contribution in [0.15, 0.2) is 141 Å². The summed E-state index contributed by atoms with van der Waals surface area (Å²) in [6.45, 7) is 1.17. The van der Waals surface area contributed by atoms with Gasteiger partial charge >= 0.3 is 0 Å². The number of benzene rings is 4. The number of amides is 1. The third-order valence-electron chi connectivity index (χ3n) is 10.5. The Labute approximate surface area is 341 Å². The van der Waals surface area contributed by atoms with Crippen LogP contribution in [0.3, 0.4) is 0 Å². The van der Waals surface area contributed by atoms with Crippen LogP contribution in [-0.4, -0.2) is 85.8 Å². The number of methoxy groups -OCH3 is 2. The molecular weight excluding hydrogens is 751 g/mol. The lowest BCUT2D eigenvalue weighted by molar-refractivity contribution is -0.103. The Kier molecular flexibility index (Phi) is 12.0. The Bertz CT molecular complexity index is 2360.